The lowest BCUT2D eigenvalue weighted by molar-refractivity contribution is -0.133. The standard InChI is InChI=1S/C30H40N4O3/c1-19-7-5-9-25(22(19)4)33-14-13-32(18-30(33)11-12-30)27(35)17-34-26-10-6-8-24(26)28(31-34)29(36)23-15-20(2)37-21(3)16-23/h5,7,9,20-21,23H,6,8,10-18H2,1-4H3/t20-,21+,23?. The van der Waals surface area contributed by atoms with E-state index in [1.165, 1.54) is 16.8 Å². The van der Waals surface area contributed by atoms with E-state index in [2.05, 4.69) is 36.9 Å². The summed E-state index contributed by atoms with van der Waals surface area (Å²) in [6, 6.07) is 6.54. The summed E-state index contributed by atoms with van der Waals surface area (Å²) in [6.45, 7) is 11.1. The second kappa shape index (κ2) is 9.26. The smallest absolute Gasteiger partial charge is 0.244 e. The number of hydrogen-bond donors (Lipinski definition) is 0. The summed E-state index contributed by atoms with van der Waals surface area (Å²) in [5, 5.41) is 4.80. The van der Waals surface area contributed by atoms with Crippen LogP contribution in [0.2, 0.25) is 0 Å². The first-order valence-corrected chi connectivity index (χ1v) is 14.2. The van der Waals surface area contributed by atoms with Crippen LogP contribution in [0.1, 0.15) is 78.8 Å². The first kappa shape index (κ1) is 24.7. The summed E-state index contributed by atoms with van der Waals surface area (Å²) in [5.74, 6) is 0.220. The molecule has 2 saturated heterocycles. The van der Waals surface area contributed by atoms with Crippen LogP contribution in [0.5, 0.6) is 0 Å². The lowest BCUT2D eigenvalue weighted by atomic mass is 9.87. The molecule has 7 nitrogen and oxygen atoms in total. The topological polar surface area (TPSA) is 67.7 Å². The maximum atomic E-state index is 13.6. The number of carbonyl (C=O) groups is 2. The van der Waals surface area contributed by atoms with E-state index in [4.69, 9.17) is 9.84 Å². The van der Waals surface area contributed by atoms with Crippen molar-refractivity contribution in [3.63, 3.8) is 0 Å². The highest BCUT2D eigenvalue weighted by Crippen LogP contribution is 2.47. The second-order valence-corrected chi connectivity index (χ2v) is 12.0. The molecule has 1 amide bonds. The predicted octanol–water partition coefficient (Wildman–Crippen LogP) is 4.26. The van der Waals surface area contributed by atoms with Gasteiger partial charge in [-0.3, -0.25) is 14.3 Å². The second-order valence-electron chi connectivity index (χ2n) is 12.0. The fraction of sp³-hybridized carbons (Fsp3) is 0.633. The Morgan fingerprint density at radius 2 is 1.84 bits per heavy atom. The summed E-state index contributed by atoms with van der Waals surface area (Å²) in [6.07, 6.45) is 6.74. The number of aromatic nitrogens is 2. The first-order valence-electron chi connectivity index (χ1n) is 14.2. The minimum atomic E-state index is -0.0459. The van der Waals surface area contributed by atoms with Crippen LogP contribution in [-0.2, 0) is 28.9 Å². The molecule has 0 bridgehead atoms. The molecule has 4 aliphatic rings. The molecule has 1 saturated carbocycles. The number of Topliss-reactive ketones (excluding diaryl/α,β-unsaturated/α-hetero) is 1. The Hall–Kier alpha value is -2.67. The van der Waals surface area contributed by atoms with Crippen molar-refractivity contribution in [1.82, 2.24) is 14.7 Å². The molecule has 2 aliphatic heterocycles. The molecule has 198 valence electrons. The van der Waals surface area contributed by atoms with Crippen LogP contribution in [0, 0.1) is 19.8 Å². The summed E-state index contributed by atoms with van der Waals surface area (Å²) >= 11 is 0. The van der Waals surface area contributed by atoms with E-state index in [0.29, 0.717) is 5.69 Å². The van der Waals surface area contributed by atoms with Crippen LogP contribution in [0.15, 0.2) is 18.2 Å². The normalized spacial score (nSPS) is 26.4. The van der Waals surface area contributed by atoms with E-state index in [-0.39, 0.29) is 41.9 Å². The van der Waals surface area contributed by atoms with Gasteiger partial charge in [0.05, 0.1) is 17.7 Å². The number of anilines is 1. The zero-order valence-corrected chi connectivity index (χ0v) is 22.8. The zero-order chi connectivity index (χ0) is 25.9. The van der Waals surface area contributed by atoms with Crippen LogP contribution >= 0.6 is 0 Å². The Balaban J connectivity index is 1.18. The van der Waals surface area contributed by atoms with E-state index in [1.807, 2.05) is 23.4 Å². The molecule has 3 atom stereocenters. The Bertz CT molecular complexity index is 1220. The minimum absolute atomic E-state index is 0.0459. The average molecular weight is 505 g/mol. The number of ether oxygens (including phenoxy) is 1. The van der Waals surface area contributed by atoms with Gasteiger partial charge in [-0.2, -0.15) is 5.10 Å². The molecule has 1 unspecified atom stereocenters. The number of hydrogen-bond acceptors (Lipinski definition) is 5. The molecule has 37 heavy (non-hydrogen) atoms. The summed E-state index contributed by atoms with van der Waals surface area (Å²) in [5.41, 5.74) is 6.83. The Labute approximate surface area is 220 Å². The Morgan fingerprint density at radius 1 is 1.08 bits per heavy atom. The van der Waals surface area contributed by atoms with E-state index >= 15 is 0 Å². The molecule has 1 spiro atoms. The summed E-state index contributed by atoms with van der Waals surface area (Å²) in [4.78, 5) is 31.7. The van der Waals surface area contributed by atoms with Gasteiger partial charge in [0.25, 0.3) is 0 Å². The third-order valence-electron chi connectivity index (χ3n) is 9.29. The van der Waals surface area contributed by atoms with Gasteiger partial charge in [-0.05, 0) is 89.8 Å². The van der Waals surface area contributed by atoms with Gasteiger partial charge in [0.1, 0.15) is 12.2 Å². The van der Waals surface area contributed by atoms with Gasteiger partial charge >= 0.3 is 0 Å². The lowest BCUT2D eigenvalue weighted by Crippen LogP contribution is -2.57. The van der Waals surface area contributed by atoms with Gasteiger partial charge in [0, 0.05) is 42.5 Å². The number of aryl methyl sites for hydroxylation is 1. The van der Waals surface area contributed by atoms with E-state index in [9.17, 15) is 9.59 Å². The van der Waals surface area contributed by atoms with Crippen LogP contribution in [-0.4, -0.2) is 63.8 Å². The molecule has 7 heteroatoms. The molecule has 0 radical (unpaired) electrons. The third kappa shape index (κ3) is 4.39. The van der Waals surface area contributed by atoms with Gasteiger partial charge in [-0.25, -0.2) is 0 Å². The molecule has 3 fully saturated rings. The number of carbonyl (C=O) groups excluding carboxylic acids is 2. The minimum Gasteiger partial charge on any atom is -0.376 e. The highest BCUT2D eigenvalue weighted by molar-refractivity contribution is 5.98. The Morgan fingerprint density at radius 3 is 2.57 bits per heavy atom. The molecule has 2 aliphatic carbocycles. The largest absolute Gasteiger partial charge is 0.376 e. The predicted molar refractivity (Wildman–Crippen MR) is 143 cm³/mol. The number of nitrogens with zero attached hydrogens (tertiary/aromatic N) is 4. The van der Waals surface area contributed by atoms with Crippen molar-refractivity contribution in [2.75, 3.05) is 24.5 Å². The molecular formula is C30H40N4O3. The highest BCUT2D eigenvalue weighted by Gasteiger charge is 2.52. The molecule has 2 aromatic rings. The van der Waals surface area contributed by atoms with E-state index in [1.54, 1.807) is 0 Å². The van der Waals surface area contributed by atoms with Gasteiger partial charge in [-0.15, -0.1) is 0 Å². The number of piperazine rings is 1. The number of ketones is 1. The van der Waals surface area contributed by atoms with Crippen LogP contribution in [0.3, 0.4) is 0 Å². The maximum absolute atomic E-state index is 13.6. The highest BCUT2D eigenvalue weighted by atomic mass is 16.5. The molecule has 3 heterocycles. The van der Waals surface area contributed by atoms with E-state index < -0.39 is 0 Å². The lowest BCUT2D eigenvalue weighted by Gasteiger charge is -2.44. The first-order chi connectivity index (χ1) is 17.8. The molecular weight excluding hydrogens is 464 g/mol. The third-order valence-corrected chi connectivity index (χ3v) is 9.29. The number of rotatable bonds is 5. The van der Waals surface area contributed by atoms with Crippen molar-refractivity contribution in [3.8, 4) is 0 Å². The molecule has 1 aromatic carbocycles. The van der Waals surface area contributed by atoms with Crippen LogP contribution < -0.4 is 4.90 Å². The van der Waals surface area contributed by atoms with Gasteiger partial charge < -0.3 is 14.5 Å². The number of fused-ring (bicyclic) bond motifs is 1. The van der Waals surface area contributed by atoms with Gasteiger partial charge in [-0.1, -0.05) is 12.1 Å². The summed E-state index contributed by atoms with van der Waals surface area (Å²) < 4.78 is 7.72. The molecule has 6 rings (SSSR count). The Kier molecular flexibility index (Phi) is 6.17. The maximum Gasteiger partial charge on any atom is 0.244 e. The SMILES string of the molecule is Cc1cccc(N2CCN(C(=O)Cn3nc(C(=O)C4C[C@@H](C)O[C@@H](C)C4)c4c3CCC4)CC23CC3)c1C. The van der Waals surface area contributed by atoms with Crippen molar-refractivity contribution in [1.29, 1.82) is 0 Å². The zero-order valence-electron chi connectivity index (χ0n) is 22.8. The van der Waals surface area contributed by atoms with Crippen molar-refractivity contribution in [2.45, 2.75) is 96.9 Å². The van der Waals surface area contributed by atoms with Crippen molar-refractivity contribution in [2.24, 2.45) is 5.92 Å². The summed E-state index contributed by atoms with van der Waals surface area (Å²) in [7, 11) is 0. The fourth-order valence-corrected chi connectivity index (χ4v) is 7.05. The number of benzene rings is 1. The number of amides is 1. The van der Waals surface area contributed by atoms with Gasteiger partial charge in [0.15, 0.2) is 5.78 Å². The van der Waals surface area contributed by atoms with Crippen LogP contribution in [0.4, 0.5) is 5.69 Å². The monoisotopic (exact) mass is 504 g/mol. The molecule has 0 N–H and O–H groups in total. The fourth-order valence-electron chi connectivity index (χ4n) is 7.05. The van der Waals surface area contributed by atoms with Crippen molar-refractivity contribution in [3.05, 3.63) is 46.3 Å². The quantitative estimate of drug-likeness (QED) is 0.570. The average Bonchev–Trinajstić information content (AvgIpc) is 3.30. The van der Waals surface area contributed by atoms with Crippen LogP contribution in [0.25, 0.3) is 0 Å². The van der Waals surface area contributed by atoms with E-state index in [0.717, 1.165) is 75.8 Å². The van der Waals surface area contributed by atoms with Crippen molar-refractivity contribution < 1.29 is 14.3 Å². The molecule has 1 aromatic heterocycles. The van der Waals surface area contributed by atoms with Crippen molar-refractivity contribution >= 4 is 17.4 Å². The van der Waals surface area contributed by atoms with Gasteiger partial charge in [0.2, 0.25) is 5.91 Å².